The third-order valence-electron chi connectivity index (χ3n) is 6.55. The molecule has 34 heavy (non-hydrogen) atoms. The summed E-state index contributed by atoms with van der Waals surface area (Å²) in [4.78, 5) is 32.9. The molecule has 0 heterocycles. The van der Waals surface area contributed by atoms with Crippen molar-refractivity contribution < 1.29 is 34.2 Å². The van der Waals surface area contributed by atoms with Crippen LogP contribution < -0.4 is 5.11 Å². The van der Waals surface area contributed by atoms with Crippen LogP contribution in [0.4, 0.5) is 0 Å². The molecular formula is C27H49NO6. The van der Waals surface area contributed by atoms with Gasteiger partial charge in [-0.1, -0.05) is 57.1 Å². The highest BCUT2D eigenvalue weighted by Crippen LogP contribution is 2.18. The molecule has 0 saturated heterocycles. The van der Waals surface area contributed by atoms with E-state index in [0.29, 0.717) is 43.4 Å². The van der Waals surface area contributed by atoms with Crippen molar-refractivity contribution in [3.05, 3.63) is 12.2 Å². The highest BCUT2D eigenvalue weighted by molar-refractivity contribution is 5.66. The Morgan fingerprint density at radius 1 is 0.618 bits per heavy atom. The molecule has 0 aliphatic heterocycles. The average Bonchev–Trinajstić information content (AvgIpc) is 2.76. The first kappa shape index (κ1) is 32.1. The molecule has 7 nitrogen and oxygen atoms in total. The fraction of sp³-hybridized carbons (Fsp3) is 0.815. The molecule has 0 aromatic carbocycles. The van der Waals surface area contributed by atoms with E-state index in [1.807, 2.05) is 0 Å². The second-order valence-electron chi connectivity index (χ2n) is 9.60. The molecule has 0 atom stereocenters. The molecule has 0 aromatic heterocycles. The molecule has 0 fully saturated rings. The predicted octanol–water partition coefficient (Wildman–Crippen LogP) is 4.93. The number of carbonyl (C=O) groups is 3. The van der Waals surface area contributed by atoms with Gasteiger partial charge >= 0.3 is 11.9 Å². The van der Waals surface area contributed by atoms with Crippen molar-refractivity contribution in [1.82, 2.24) is 0 Å². The number of rotatable bonds is 25. The van der Waals surface area contributed by atoms with Gasteiger partial charge in [0.25, 0.3) is 0 Å². The van der Waals surface area contributed by atoms with E-state index >= 15 is 0 Å². The van der Waals surface area contributed by atoms with Gasteiger partial charge < -0.3 is 24.6 Å². The summed E-state index contributed by atoms with van der Waals surface area (Å²) in [6.45, 7) is 4.83. The Bertz CT molecular complexity index is 525. The van der Waals surface area contributed by atoms with E-state index in [-0.39, 0.29) is 19.3 Å². The van der Waals surface area contributed by atoms with Crippen molar-refractivity contribution in [1.29, 1.82) is 0 Å². The molecule has 0 aromatic rings. The van der Waals surface area contributed by atoms with Crippen LogP contribution in [0.15, 0.2) is 12.2 Å². The van der Waals surface area contributed by atoms with Crippen molar-refractivity contribution in [2.45, 2.75) is 116 Å². The molecule has 0 saturated carbocycles. The molecule has 0 aliphatic rings. The molecule has 0 aliphatic carbocycles. The van der Waals surface area contributed by atoms with E-state index in [9.17, 15) is 19.5 Å². The summed E-state index contributed by atoms with van der Waals surface area (Å²) in [7, 11) is 0. The van der Waals surface area contributed by atoms with Gasteiger partial charge in [-0.05, 0) is 39.0 Å². The summed E-state index contributed by atoms with van der Waals surface area (Å²) >= 11 is 0. The molecule has 198 valence electrons. The minimum absolute atomic E-state index is 0.0207. The van der Waals surface area contributed by atoms with Crippen LogP contribution in [0, 0.1) is 0 Å². The van der Waals surface area contributed by atoms with E-state index in [1.165, 1.54) is 57.8 Å². The van der Waals surface area contributed by atoms with E-state index in [4.69, 9.17) is 10.2 Å². The maximum atomic E-state index is 11.0. The summed E-state index contributed by atoms with van der Waals surface area (Å²) in [5.41, 5.74) is 0. The minimum Gasteiger partial charge on any atom is -0.550 e. The highest BCUT2D eigenvalue weighted by Gasteiger charge is 2.26. The Balaban J connectivity index is 4.43. The normalized spacial score (nSPS) is 11.8. The summed E-state index contributed by atoms with van der Waals surface area (Å²) in [6, 6.07) is 0. The van der Waals surface area contributed by atoms with Crippen LogP contribution >= 0.6 is 0 Å². The molecule has 0 rings (SSSR count). The Morgan fingerprint density at radius 3 is 1.41 bits per heavy atom. The van der Waals surface area contributed by atoms with Gasteiger partial charge in [0.05, 0.1) is 39.0 Å². The number of nitrogens with zero attached hydrogens (tertiary/aromatic N) is 1. The average molecular weight is 484 g/mol. The lowest BCUT2D eigenvalue weighted by atomic mass is 10.0. The lowest BCUT2D eigenvalue weighted by Gasteiger charge is -2.39. The quantitative estimate of drug-likeness (QED) is 0.108. The molecule has 0 radical (unpaired) electrons. The highest BCUT2D eigenvalue weighted by atomic mass is 16.4. The van der Waals surface area contributed by atoms with Gasteiger partial charge in [-0.2, -0.15) is 0 Å². The Hall–Kier alpha value is -1.89. The van der Waals surface area contributed by atoms with Gasteiger partial charge in [0.1, 0.15) is 0 Å². The van der Waals surface area contributed by atoms with Crippen LogP contribution in [0.25, 0.3) is 0 Å². The van der Waals surface area contributed by atoms with Gasteiger partial charge in [-0.15, -0.1) is 0 Å². The van der Waals surface area contributed by atoms with Crippen molar-refractivity contribution >= 4 is 17.9 Å². The summed E-state index contributed by atoms with van der Waals surface area (Å²) in [5.74, 6) is -2.75. The topological polar surface area (TPSA) is 115 Å². The summed E-state index contributed by atoms with van der Waals surface area (Å²) in [6.07, 6.45) is 19.4. The van der Waals surface area contributed by atoms with Crippen LogP contribution in [-0.2, 0) is 14.4 Å². The number of allylic oxidation sites excluding steroid dienone is 2. The standard InChI is InChI=1S/C27H49NO6/c1-2-3-4-5-6-7-8-9-10-11-12-13-14-21-28(22-15-18-25(29)30,23-16-19-26(31)32)24-17-20-27(33)34/h2-3H,4-24H2,1H3,(H2-,29,30,31,32,33,34)/b3-2+. The zero-order chi connectivity index (χ0) is 25.5. The van der Waals surface area contributed by atoms with Crippen molar-refractivity contribution in [3.63, 3.8) is 0 Å². The van der Waals surface area contributed by atoms with Crippen LogP contribution in [0.1, 0.15) is 116 Å². The van der Waals surface area contributed by atoms with Crippen LogP contribution in [0.5, 0.6) is 0 Å². The van der Waals surface area contributed by atoms with Crippen molar-refractivity contribution in [3.8, 4) is 0 Å². The molecule has 0 unspecified atom stereocenters. The maximum absolute atomic E-state index is 11.0. The Kier molecular flexibility index (Phi) is 20.4. The minimum atomic E-state index is -1.08. The second-order valence-corrected chi connectivity index (χ2v) is 9.60. The zero-order valence-electron chi connectivity index (χ0n) is 21.5. The Labute approximate surface area is 206 Å². The molecule has 0 bridgehead atoms. The van der Waals surface area contributed by atoms with Gasteiger partial charge in [0, 0.05) is 25.2 Å². The lowest BCUT2D eigenvalue weighted by Crippen LogP contribution is -2.51. The van der Waals surface area contributed by atoms with Crippen LogP contribution in [0.2, 0.25) is 0 Å². The first-order valence-electron chi connectivity index (χ1n) is 13.4. The number of quaternary nitrogens is 1. The maximum Gasteiger partial charge on any atom is 0.303 e. The monoisotopic (exact) mass is 483 g/mol. The fourth-order valence-electron chi connectivity index (χ4n) is 4.65. The second kappa shape index (κ2) is 21.6. The van der Waals surface area contributed by atoms with Gasteiger partial charge in [0.15, 0.2) is 0 Å². The van der Waals surface area contributed by atoms with Gasteiger partial charge in [-0.25, -0.2) is 0 Å². The number of hydrogen-bond donors (Lipinski definition) is 2. The predicted molar refractivity (Wildman–Crippen MR) is 133 cm³/mol. The number of unbranched alkanes of at least 4 members (excludes halogenated alkanes) is 10. The number of carboxylic acids is 3. The number of carboxylic acid groups (broad SMARTS) is 3. The zero-order valence-corrected chi connectivity index (χ0v) is 21.5. The third kappa shape index (κ3) is 20.7. The van der Waals surface area contributed by atoms with Crippen molar-refractivity contribution in [2.75, 3.05) is 26.2 Å². The lowest BCUT2D eigenvalue weighted by molar-refractivity contribution is -0.929. The molecular weight excluding hydrogens is 434 g/mol. The molecule has 7 heteroatoms. The molecule has 2 N–H and O–H groups in total. The number of aliphatic carboxylic acids is 3. The summed E-state index contributed by atoms with van der Waals surface area (Å²) in [5, 5.41) is 29.0. The van der Waals surface area contributed by atoms with E-state index in [2.05, 4.69) is 19.1 Å². The Morgan fingerprint density at radius 2 is 1.00 bits per heavy atom. The SMILES string of the molecule is C/C=C/CCCCCCCCCCCC[N+](CCCC(=O)[O-])(CCCC(=O)O)CCCC(=O)O. The van der Waals surface area contributed by atoms with E-state index < -0.39 is 17.9 Å². The van der Waals surface area contributed by atoms with Crippen molar-refractivity contribution in [2.24, 2.45) is 0 Å². The van der Waals surface area contributed by atoms with E-state index in [0.717, 1.165) is 19.4 Å². The third-order valence-corrected chi connectivity index (χ3v) is 6.55. The summed E-state index contributed by atoms with van der Waals surface area (Å²) < 4.78 is 0.612. The number of hydrogen-bond acceptors (Lipinski definition) is 4. The first-order chi connectivity index (χ1) is 16.3. The smallest absolute Gasteiger partial charge is 0.303 e. The van der Waals surface area contributed by atoms with Gasteiger partial charge in [-0.3, -0.25) is 9.59 Å². The first-order valence-corrected chi connectivity index (χ1v) is 13.4. The van der Waals surface area contributed by atoms with Crippen LogP contribution in [0.3, 0.4) is 0 Å². The van der Waals surface area contributed by atoms with Gasteiger partial charge in [0.2, 0.25) is 0 Å². The van der Waals surface area contributed by atoms with E-state index in [1.54, 1.807) is 0 Å². The molecule has 0 spiro atoms. The van der Waals surface area contributed by atoms with Crippen LogP contribution in [-0.4, -0.2) is 58.8 Å². The number of carbonyl (C=O) groups excluding carboxylic acids is 1. The largest absolute Gasteiger partial charge is 0.550 e. The molecule has 0 amide bonds. The fourth-order valence-corrected chi connectivity index (χ4v) is 4.65.